The van der Waals surface area contributed by atoms with Crippen molar-refractivity contribution in [1.29, 1.82) is 0 Å². The Morgan fingerprint density at radius 3 is 2.51 bits per heavy atom. The number of nitrogens with one attached hydrogen (secondary N) is 3. The number of rotatable bonds is 10. The summed E-state index contributed by atoms with van der Waals surface area (Å²) in [6.45, 7) is 3.96. The van der Waals surface area contributed by atoms with Gasteiger partial charge in [0, 0.05) is 17.4 Å². The van der Waals surface area contributed by atoms with Gasteiger partial charge in [0.25, 0.3) is 15.9 Å². The van der Waals surface area contributed by atoms with Crippen LogP contribution in [0.4, 0.5) is 5.69 Å². The summed E-state index contributed by atoms with van der Waals surface area (Å²) < 4.78 is 33.2. The lowest BCUT2D eigenvalue weighted by molar-refractivity contribution is -0.128. The van der Waals surface area contributed by atoms with Crippen molar-refractivity contribution in [3.05, 3.63) is 53.3 Å². The maximum absolute atomic E-state index is 13.3. The van der Waals surface area contributed by atoms with Crippen molar-refractivity contribution >= 4 is 44.9 Å². The minimum atomic E-state index is -3.99. The molecule has 3 atom stereocenters. The number of halogens is 1. The largest absolute Gasteiger partial charge is 0.368 e. The van der Waals surface area contributed by atoms with E-state index in [-0.39, 0.29) is 39.1 Å². The van der Waals surface area contributed by atoms with Crippen LogP contribution in [-0.2, 0) is 24.3 Å². The molecule has 4 rings (SSSR count). The summed E-state index contributed by atoms with van der Waals surface area (Å²) in [5.74, 6) is -1.09. The Balaban J connectivity index is 1.47. The summed E-state index contributed by atoms with van der Waals surface area (Å²) in [6.07, 6.45) is 6.04. The predicted octanol–water partition coefficient (Wildman–Crippen LogP) is 3.47. The van der Waals surface area contributed by atoms with Crippen molar-refractivity contribution in [2.75, 3.05) is 11.3 Å². The van der Waals surface area contributed by atoms with Crippen LogP contribution in [0.2, 0.25) is 5.15 Å². The first-order chi connectivity index (χ1) is 18.5. The number of carbonyl (C=O) groups excluding carboxylic acids is 3. The number of amides is 2. The van der Waals surface area contributed by atoms with Crippen LogP contribution in [0, 0.1) is 5.41 Å². The lowest BCUT2D eigenvalue weighted by Crippen LogP contribution is -2.54. The second kappa shape index (κ2) is 12.0. The zero-order valence-electron chi connectivity index (χ0n) is 21.9. The van der Waals surface area contributed by atoms with Gasteiger partial charge in [0.15, 0.2) is 5.78 Å². The highest BCUT2D eigenvalue weighted by molar-refractivity contribution is 7.92. The molecule has 1 aromatic heterocycles. The molecule has 0 spiro atoms. The second-order valence-electron chi connectivity index (χ2n) is 10.4. The van der Waals surface area contributed by atoms with Crippen LogP contribution in [-0.4, -0.2) is 55.8 Å². The minimum absolute atomic E-state index is 0.0404. The summed E-state index contributed by atoms with van der Waals surface area (Å²) in [4.78, 5) is 42.5. The van der Waals surface area contributed by atoms with Gasteiger partial charge in [-0.05, 0) is 67.5 Å². The zero-order chi connectivity index (χ0) is 28.2. The number of nitrogens with zero attached hydrogens (tertiary/aromatic N) is 1. The summed E-state index contributed by atoms with van der Waals surface area (Å²) in [6, 6.07) is 7.04. The SMILES string of the molecule is CC[C@@H]1OCC(=O)[C@H]1NC(=O)[C@H](CC1(C)CCCC1)NC(=O)c1ccc(NS(=O)(=O)c2cccnc2Cl)cc1. The molecule has 2 aromatic rings. The maximum atomic E-state index is 13.3. The third-order valence-electron chi connectivity index (χ3n) is 7.40. The quantitative estimate of drug-likeness (QED) is 0.367. The summed E-state index contributed by atoms with van der Waals surface area (Å²) in [7, 11) is -3.99. The molecule has 2 heterocycles. The second-order valence-corrected chi connectivity index (χ2v) is 12.4. The summed E-state index contributed by atoms with van der Waals surface area (Å²) in [5.41, 5.74) is 0.369. The van der Waals surface area contributed by atoms with Gasteiger partial charge in [0.2, 0.25) is 5.91 Å². The van der Waals surface area contributed by atoms with E-state index in [1.54, 1.807) is 0 Å². The number of sulfonamides is 1. The summed E-state index contributed by atoms with van der Waals surface area (Å²) in [5, 5.41) is 5.50. The fraction of sp³-hybridized carbons (Fsp3) is 0.481. The van der Waals surface area contributed by atoms with Crippen LogP contribution in [0.15, 0.2) is 47.5 Å². The molecular weight excluding hydrogens is 544 g/mol. The Morgan fingerprint density at radius 1 is 1.18 bits per heavy atom. The molecule has 0 radical (unpaired) electrons. The monoisotopic (exact) mass is 576 g/mol. The number of benzene rings is 1. The molecule has 2 fully saturated rings. The molecule has 39 heavy (non-hydrogen) atoms. The molecule has 1 saturated heterocycles. The number of ketones is 1. The van der Waals surface area contributed by atoms with Gasteiger partial charge >= 0.3 is 0 Å². The van der Waals surface area contributed by atoms with Crippen molar-refractivity contribution in [3.8, 4) is 0 Å². The van der Waals surface area contributed by atoms with Crippen molar-refractivity contribution in [3.63, 3.8) is 0 Å². The predicted molar refractivity (Wildman–Crippen MR) is 146 cm³/mol. The fourth-order valence-corrected chi connectivity index (χ4v) is 6.72. The molecule has 210 valence electrons. The van der Waals surface area contributed by atoms with Crippen LogP contribution in [0.3, 0.4) is 0 Å². The Labute approximate surface area is 233 Å². The Hall–Kier alpha value is -3.02. The first-order valence-corrected chi connectivity index (χ1v) is 14.9. The highest BCUT2D eigenvalue weighted by atomic mass is 35.5. The van der Waals surface area contributed by atoms with Crippen LogP contribution in [0.5, 0.6) is 0 Å². The van der Waals surface area contributed by atoms with Crippen LogP contribution < -0.4 is 15.4 Å². The number of Topliss-reactive ketones (excluding diaryl/α,β-unsaturated/α-hetero) is 1. The molecule has 1 aromatic carbocycles. The minimum Gasteiger partial charge on any atom is -0.368 e. The van der Waals surface area contributed by atoms with E-state index in [1.165, 1.54) is 42.6 Å². The number of hydrogen-bond donors (Lipinski definition) is 3. The highest BCUT2D eigenvalue weighted by Crippen LogP contribution is 2.41. The first-order valence-electron chi connectivity index (χ1n) is 13.0. The van der Waals surface area contributed by atoms with Gasteiger partial charge in [0.05, 0.1) is 6.10 Å². The number of anilines is 1. The zero-order valence-corrected chi connectivity index (χ0v) is 23.5. The lowest BCUT2D eigenvalue weighted by atomic mass is 9.81. The molecule has 12 heteroatoms. The first kappa shape index (κ1) is 29.0. The van der Waals surface area contributed by atoms with E-state index in [4.69, 9.17) is 16.3 Å². The third kappa shape index (κ3) is 6.95. The van der Waals surface area contributed by atoms with E-state index in [1.807, 2.05) is 6.92 Å². The van der Waals surface area contributed by atoms with Crippen molar-refractivity contribution in [1.82, 2.24) is 15.6 Å². The molecule has 3 N–H and O–H groups in total. The smallest absolute Gasteiger partial charge is 0.264 e. The van der Waals surface area contributed by atoms with Gasteiger partial charge in [-0.15, -0.1) is 0 Å². The van der Waals surface area contributed by atoms with Crippen LogP contribution in [0.25, 0.3) is 0 Å². The molecule has 2 amide bonds. The van der Waals surface area contributed by atoms with E-state index in [2.05, 4.69) is 27.3 Å². The molecular formula is C27H33ClN4O6S. The van der Waals surface area contributed by atoms with Gasteiger partial charge in [-0.2, -0.15) is 0 Å². The Morgan fingerprint density at radius 2 is 1.87 bits per heavy atom. The van der Waals surface area contributed by atoms with Crippen molar-refractivity contribution in [2.45, 2.75) is 75.5 Å². The standard InChI is InChI=1S/C27H33ClN4O6S/c1-3-21-23(20(33)16-38-21)31-26(35)19(15-27(2)12-4-5-13-27)30-25(34)17-8-10-18(11-9-17)32-39(36,37)22-7-6-14-29-24(22)28/h6-11,14,19,21,23,32H,3-5,12-13,15-16H2,1-2H3,(H,30,34)(H,31,35)/t19-,21-,23+/m0/s1. The Bertz CT molecular complexity index is 1330. The number of carbonyl (C=O) groups is 3. The van der Waals surface area contributed by atoms with E-state index >= 15 is 0 Å². The van der Waals surface area contributed by atoms with E-state index in [0.717, 1.165) is 25.7 Å². The van der Waals surface area contributed by atoms with E-state index in [9.17, 15) is 22.8 Å². The number of ether oxygens (including phenoxy) is 1. The maximum Gasteiger partial charge on any atom is 0.264 e. The summed E-state index contributed by atoms with van der Waals surface area (Å²) >= 11 is 5.92. The van der Waals surface area contributed by atoms with Gasteiger partial charge in [-0.25, -0.2) is 13.4 Å². The van der Waals surface area contributed by atoms with Crippen molar-refractivity contribution in [2.24, 2.45) is 5.41 Å². The van der Waals surface area contributed by atoms with E-state index < -0.39 is 40.0 Å². The van der Waals surface area contributed by atoms with Gasteiger partial charge in [-0.3, -0.25) is 19.1 Å². The van der Waals surface area contributed by atoms with Crippen LogP contribution >= 0.6 is 11.6 Å². The molecule has 1 aliphatic heterocycles. The molecule has 1 aliphatic carbocycles. The highest BCUT2D eigenvalue weighted by Gasteiger charge is 2.40. The normalized spacial score (nSPS) is 21.4. The molecule has 2 aliphatic rings. The molecule has 0 unspecified atom stereocenters. The number of aromatic nitrogens is 1. The molecule has 1 saturated carbocycles. The molecule has 10 nitrogen and oxygen atoms in total. The van der Waals surface area contributed by atoms with E-state index in [0.29, 0.717) is 12.8 Å². The topological polar surface area (TPSA) is 144 Å². The fourth-order valence-electron chi connectivity index (χ4n) is 5.21. The average molecular weight is 577 g/mol. The lowest BCUT2D eigenvalue weighted by Gasteiger charge is -2.30. The number of hydrogen-bond acceptors (Lipinski definition) is 7. The number of pyridine rings is 1. The molecule has 0 bridgehead atoms. The van der Waals surface area contributed by atoms with Gasteiger partial charge in [0.1, 0.15) is 28.7 Å². The Kier molecular flexibility index (Phi) is 8.93. The van der Waals surface area contributed by atoms with Crippen LogP contribution in [0.1, 0.15) is 62.7 Å². The third-order valence-corrected chi connectivity index (χ3v) is 9.23. The van der Waals surface area contributed by atoms with Gasteiger partial charge in [-0.1, -0.05) is 38.3 Å². The van der Waals surface area contributed by atoms with Gasteiger partial charge < -0.3 is 15.4 Å². The average Bonchev–Trinajstić information content (AvgIpc) is 3.49. The van der Waals surface area contributed by atoms with Crippen molar-refractivity contribution < 1.29 is 27.5 Å².